The van der Waals surface area contributed by atoms with Crippen LogP contribution in [0, 0.1) is 6.92 Å². The summed E-state index contributed by atoms with van der Waals surface area (Å²) in [7, 11) is 0. The van der Waals surface area contributed by atoms with Crippen molar-refractivity contribution < 1.29 is 14.1 Å². The van der Waals surface area contributed by atoms with E-state index >= 15 is 0 Å². The van der Waals surface area contributed by atoms with E-state index < -0.39 is 0 Å². The Morgan fingerprint density at radius 2 is 2.04 bits per heavy atom. The van der Waals surface area contributed by atoms with E-state index in [2.05, 4.69) is 10.1 Å². The third kappa shape index (κ3) is 2.65. The van der Waals surface area contributed by atoms with Gasteiger partial charge in [-0.05, 0) is 16.8 Å². The van der Waals surface area contributed by atoms with Crippen LogP contribution in [0.5, 0.6) is 0 Å². The number of morpholine rings is 1. The third-order valence-electron chi connectivity index (χ3n) is 4.20. The fourth-order valence-corrected chi connectivity index (χ4v) is 3.02. The zero-order valence-electron chi connectivity index (χ0n) is 13.3. The van der Waals surface area contributed by atoms with Gasteiger partial charge in [-0.25, -0.2) is 0 Å². The van der Waals surface area contributed by atoms with E-state index in [-0.39, 0.29) is 12.0 Å². The topological polar surface area (TPSA) is 68.5 Å². The van der Waals surface area contributed by atoms with Crippen molar-refractivity contribution >= 4 is 16.7 Å². The van der Waals surface area contributed by atoms with E-state index in [1.54, 1.807) is 11.8 Å². The summed E-state index contributed by atoms with van der Waals surface area (Å²) >= 11 is 0. The largest absolute Gasteiger partial charge is 0.366 e. The molecule has 4 rings (SSSR count). The Morgan fingerprint density at radius 3 is 2.88 bits per heavy atom. The van der Waals surface area contributed by atoms with E-state index in [1.807, 2.05) is 42.5 Å². The Kier molecular flexibility index (Phi) is 3.74. The van der Waals surface area contributed by atoms with Gasteiger partial charge in [-0.1, -0.05) is 41.6 Å². The zero-order chi connectivity index (χ0) is 16.5. The third-order valence-corrected chi connectivity index (χ3v) is 4.20. The number of rotatable bonds is 2. The van der Waals surface area contributed by atoms with Crippen LogP contribution in [0.3, 0.4) is 0 Å². The van der Waals surface area contributed by atoms with Crippen LogP contribution in [-0.4, -0.2) is 40.6 Å². The summed E-state index contributed by atoms with van der Waals surface area (Å²) in [6.45, 7) is 3.16. The van der Waals surface area contributed by atoms with Crippen molar-refractivity contribution in [3.05, 3.63) is 59.7 Å². The first-order valence-electron chi connectivity index (χ1n) is 7.91. The molecule has 1 aromatic heterocycles. The molecule has 0 N–H and O–H groups in total. The second-order valence-electron chi connectivity index (χ2n) is 5.81. The summed E-state index contributed by atoms with van der Waals surface area (Å²) in [6, 6.07) is 13.7. The number of carbonyl (C=O) groups is 1. The van der Waals surface area contributed by atoms with Crippen molar-refractivity contribution in [2.45, 2.75) is 13.0 Å². The number of nitrogens with zero attached hydrogens (tertiary/aromatic N) is 3. The van der Waals surface area contributed by atoms with Crippen molar-refractivity contribution in [1.29, 1.82) is 0 Å². The molecule has 0 spiro atoms. The monoisotopic (exact) mass is 323 g/mol. The molecular formula is C18H17N3O3. The summed E-state index contributed by atoms with van der Waals surface area (Å²) in [4.78, 5) is 19.0. The molecule has 1 atom stereocenters. The normalized spacial score (nSPS) is 18.0. The highest BCUT2D eigenvalue weighted by Gasteiger charge is 2.29. The van der Waals surface area contributed by atoms with Crippen molar-refractivity contribution in [2.75, 3.05) is 19.7 Å². The van der Waals surface area contributed by atoms with Gasteiger partial charge in [-0.3, -0.25) is 4.79 Å². The van der Waals surface area contributed by atoms with E-state index in [0.29, 0.717) is 37.0 Å². The Morgan fingerprint density at radius 1 is 1.21 bits per heavy atom. The number of hydrogen-bond donors (Lipinski definition) is 0. The Balaban J connectivity index is 1.61. The predicted octanol–water partition coefficient (Wildman–Crippen LogP) is 2.74. The first-order valence-corrected chi connectivity index (χ1v) is 7.91. The van der Waals surface area contributed by atoms with Crippen molar-refractivity contribution in [2.24, 2.45) is 0 Å². The smallest absolute Gasteiger partial charge is 0.254 e. The summed E-state index contributed by atoms with van der Waals surface area (Å²) in [5, 5.41) is 5.93. The SMILES string of the molecule is Cc1nc([C@H]2CN(C(=O)c3cccc4ccccc34)CCO2)no1. The molecule has 2 heterocycles. The Labute approximate surface area is 139 Å². The van der Waals surface area contributed by atoms with Crippen LogP contribution in [-0.2, 0) is 4.74 Å². The molecule has 6 nitrogen and oxygen atoms in total. The lowest BCUT2D eigenvalue weighted by molar-refractivity contribution is -0.0275. The minimum atomic E-state index is -0.352. The predicted molar refractivity (Wildman–Crippen MR) is 87.6 cm³/mol. The molecule has 1 fully saturated rings. The van der Waals surface area contributed by atoms with Gasteiger partial charge in [-0.2, -0.15) is 4.98 Å². The summed E-state index contributed by atoms with van der Waals surface area (Å²) in [6.07, 6.45) is -0.352. The number of benzene rings is 2. The second kappa shape index (κ2) is 6.05. The number of ether oxygens (including phenoxy) is 1. The highest BCUT2D eigenvalue weighted by atomic mass is 16.5. The van der Waals surface area contributed by atoms with Crippen molar-refractivity contribution in [3.8, 4) is 0 Å². The number of fused-ring (bicyclic) bond motifs is 1. The molecule has 3 aromatic rings. The lowest BCUT2D eigenvalue weighted by Crippen LogP contribution is -2.42. The molecule has 24 heavy (non-hydrogen) atoms. The Hall–Kier alpha value is -2.73. The summed E-state index contributed by atoms with van der Waals surface area (Å²) in [5.41, 5.74) is 0.707. The maximum Gasteiger partial charge on any atom is 0.254 e. The van der Waals surface area contributed by atoms with Crippen molar-refractivity contribution in [3.63, 3.8) is 0 Å². The van der Waals surface area contributed by atoms with Gasteiger partial charge >= 0.3 is 0 Å². The van der Waals surface area contributed by atoms with Gasteiger partial charge in [0.15, 0.2) is 0 Å². The molecular weight excluding hydrogens is 306 g/mol. The molecule has 0 saturated carbocycles. The molecule has 0 unspecified atom stereocenters. The van der Waals surface area contributed by atoms with Crippen molar-refractivity contribution in [1.82, 2.24) is 15.0 Å². The number of amides is 1. The molecule has 122 valence electrons. The minimum absolute atomic E-state index is 0.000293. The molecule has 1 aliphatic heterocycles. The average Bonchev–Trinajstić information content (AvgIpc) is 3.07. The van der Waals surface area contributed by atoms with Gasteiger partial charge in [0, 0.05) is 19.0 Å². The number of hydrogen-bond acceptors (Lipinski definition) is 5. The lowest BCUT2D eigenvalue weighted by atomic mass is 10.0. The molecule has 0 radical (unpaired) electrons. The van der Waals surface area contributed by atoms with E-state index in [4.69, 9.17) is 9.26 Å². The highest BCUT2D eigenvalue weighted by Crippen LogP contribution is 2.24. The van der Waals surface area contributed by atoms with Gasteiger partial charge < -0.3 is 14.2 Å². The second-order valence-corrected chi connectivity index (χ2v) is 5.81. The highest BCUT2D eigenvalue weighted by molar-refractivity contribution is 6.07. The molecule has 1 amide bonds. The standard InChI is InChI=1S/C18H17N3O3/c1-12-19-17(20-24-12)16-11-21(9-10-23-16)18(22)15-8-4-6-13-5-2-3-7-14(13)15/h2-8,16H,9-11H2,1H3/t16-/m1/s1. The first kappa shape index (κ1) is 14.8. The molecule has 1 saturated heterocycles. The van der Waals surface area contributed by atoms with Crippen LogP contribution < -0.4 is 0 Å². The molecule has 0 bridgehead atoms. The number of aryl methyl sites for hydroxylation is 1. The molecule has 1 aliphatic rings. The van der Waals surface area contributed by atoms with Gasteiger partial charge in [-0.15, -0.1) is 0 Å². The molecule has 0 aliphatic carbocycles. The van der Waals surface area contributed by atoms with Crippen LogP contribution in [0.25, 0.3) is 10.8 Å². The Bertz CT molecular complexity index is 885. The minimum Gasteiger partial charge on any atom is -0.366 e. The summed E-state index contributed by atoms with van der Waals surface area (Å²) < 4.78 is 10.7. The molecule has 2 aromatic carbocycles. The van der Waals surface area contributed by atoms with Gasteiger partial charge in [0.25, 0.3) is 5.91 Å². The number of carbonyl (C=O) groups excluding carboxylic acids is 1. The van der Waals surface area contributed by atoms with Gasteiger partial charge in [0.1, 0.15) is 6.10 Å². The van der Waals surface area contributed by atoms with Crippen LogP contribution in [0.4, 0.5) is 0 Å². The fraction of sp³-hybridized carbons (Fsp3) is 0.278. The lowest BCUT2D eigenvalue weighted by Gasteiger charge is -2.31. The van der Waals surface area contributed by atoms with E-state index in [9.17, 15) is 4.79 Å². The average molecular weight is 323 g/mol. The fourth-order valence-electron chi connectivity index (χ4n) is 3.02. The first-order chi connectivity index (χ1) is 11.7. The zero-order valence-corrected chi connectivity index (χ0v) is 13.3. The van der Waals surface area contributed by atoms with Crippen LogP contribution in [0.15, 0.2) is 47.0 Å². The van der Waals surface area contributed by atoms with E-state index in [0.717, 1.165) is 10.8 Å². The van der Waals surface area contributed by atoms with Crippen LogP contribution in [0.1, 0.15) is 28.2 Å². The van der Waals surface area contributed by atoms with Crippen LogP contribution in [0.2, 0.25) is 0 Å². The quantitative estimate of drug-likeness (QED) is 0.725. The van der Waals surface area contributed by atoms with Crippen LogP contribution >= 0.6 is 0 Å². The van der Waals surface area contributed by atoms with Gasteiger partial charge in [0.05, 0.1) is 13.2 Å². The van der Waals surface area contributed by atoms with E-state index in [1.165, 1.54) is 0 Å². The maximum absolute atomic E-state index is 13.0. The number of aromatic nitrogens is 2. The summed E-state index contributed by atoms with van der Waals surface area (Å²) in [5.74, 6) is 0.981. The van der Waals surface area contributed by atoms with Gasteiger partial charge in [0.2, 0.25) is 11.7 Å². The molecule has 6 heteroatoms. The maximum atomic E-state index is 13.0.